The standard InChI is InChI=1S/C9H7Cl2NO3/c10-5-3-1-2-12-9(15)4(3)6(11)8(14)7(5)13/h13-14H,1-2H2,(H,12,15). The molecule has 0 saturated carbocycles. The highest BCUT2D eigenvalue weighted by molar-refractivity contribution is 6.39. The maximum absolute atomic E-state index is 11.5. The van der Waals surface area contributed by atoms with Gasteiger partial charge in [-0.15, -0.1) is 0 Å². The van der Waals surface area contributed by atoms with Crippen LogP contribution in [0.25, 0.3) is 0 Å². The first-order valence-electron chi connectivity index (χ1n) is 4.24. The molecule has 0 radical (unpaired) electrons. The number of phenols is 2. The molecule has 0 bridgehead atoms. The highest BCUT2D eigenvalue weighted by Gasteiger charge is 2.28. The number of aromatic hydroxyl groups is 2. The van der Waals surface area contributed by atoms with Crippen molar-refractivity contribution in [1.29, 1.82) is 0 Å². The van der Waals surface area contributed by atoms with E-state index in [9.17, 15) is 15.0 Å². The summed E-state index contributed by atoms with van der Waals surface area (Å²) < 4.78 is 0. The molecule has 1 heterocycles. The second kappa shape index (κ2) is 3.47. The van der Waals surface area contributed by atoms with Crippen molar-refractivity contribution in [3.63, 3.8) is 0 Å². The number of hydrogen-bond acceptors (Lipinski definition) is 3. The molecule has 80 valence electrons. The molecule has 0 fully saturated rings. The van der Waals surface area contributed by atoms with Crippen LogP contribution in [0.2, 0.25) is 10.0 Å². The second-order valence-electron chi connectivity index (χ2n) is 3.18. The van der Waals surface area contributed by atoms with Gasteiger partial charge >= 0.3 is 0 Å². The summed E-state index contributed by atoms with van der Waals surface area (Å²) >= 11 is 11.6. The van der Waals surface area contributed by atoms with Gasteiger partial charge < -0.3 is 15.5 Å². The zero-order valence-electron chi connectivity index (χ0n) is 7.47. The van der Waals surface area contributed by atoms with Crippen molar-refractivity contribution in [2.24, 2.45) is 0 Å². The van der Waals surface area contributed by atoms with Gasteiger partial charge in [0.15, 0.2) is 11.5 Å². The van der Waals surface area contributed by atoms with Gasteiger partial charge in [0.25, 0.3) is 5.91 Å². The van der Waals surface area contributed by atoms with Crippen molar-refractivity contribution in [3.05, 3.63) is 21.2 Å². The van der Waals surface area contributed by atoms with Gasteiger partial charge in [0.2, 0.25) is 0 Å². The Hall–Kier alpha value is -1.13. The number of hydrogen-bond donors (Lipinski definition) is 3. The minimum Gasteiger partial charge on any atom is -0.503 e. The minimum absolute atomic E-state index is 0.0123. The quantitative estimate of drug-likeness (QED) is 0.612. The summed E-state index contributed by atoms with van der Waals surface area (Å²) in [6, 6.07) is 0. The van der Waals surface area contributed by atoms with E-state index in [2.05, 4.69) is 5.32 Å². The molecule has 3 N–H and O–H groups in total. The molecule has 1 aliphatic rings. The van der Waals surface area contributed by atoms with Crippen LogP contribution < -0.4 is 5.32 Å². The van der Waals surface area contributed by atoms with E-state index in [-0.39, 0.29) is 15.6 Å². The fraction of sp³-hybridized carbons (Fsp3) is 0.222. The SMILES string of the molecule is O=C1NCCc2c(Cl)c(O)c(O)c(Cl)c21. The zero-order chi connectivity index (χ0) is 11.2. The maximum Gasteiger partial charge on any atom is 0.253 e. The van der Waals surface area contributed by atoms with Crippen molar-refractivity contribution < 1.29 is 15.0 Å². The van der Waals surface area contributed by atoms with Crippen LogP contribution in [-0.2, 0) is 6.42 Å². The lowest BCUT2D eigenvalue weighted by Gasteiger charge is -2.20. The van der Waals surface area contributed by atoms with Crippen molar-refractivity contribution in [2.45, 2.75) is 6.42 Å². The van der Waals surface area contributed by atoms with Crippen molar-refractivity contribution in [3.8, 4) is 11.5 Å². The minimum atomic E-state index is -0.558. The molecule has 0 aliphatic carbocycles. The number of nitrogens with one attached hydrogen (secondary N) is 1. The molecule has 2 rings (SSSR count). The molecule has 1 aliphatic heterocycles. The smallest absolute Gasteiger partial charge is 0.253 e. The van der Waals surface area contributed by atoms with Gasteiger partial charge in [-0.3, -0.25) is 4.79 Å². The van der Waals surface area contributed by atoms with Crippen LogP contribution in [0.4, 0.5) is 0 Å². The Balaban J connectivity index is 2.80. The number of benzene rings is 1. The van der Waals surface area contributed by atoms with Crippen molar-refractivity contribution in [1.82, 2.24) is 5.32 Å². The van der Waals surface area contributed by atoms with E-state index in [0.29, 0.717) is 18.5 Å². The Kier molecular flexibility index (Phi) is 2.40. The molecule has 15 heavy (non-hydrogen) atoms. The highest BCUT2D eigenvalue weighted by Crippen LogP contribution is 2.45. The summed E-state index contributed by atoms with van der Waals surface area (Å²) in [6.45, 7) is 0.437. The monoisotopic (exact) mass is 247 g/mol. The van der Waals surface area contributed by atoms with Crippen LogP contribution in [0.15, 0.2) is 0 Å². The predicted octanol–water partition coefficient (Wildman–Crippen LogP) is 1.69. The van der Waals surface area contributed by atoms with Gasteiger partial charge in [-0.2, -0.15) is 0 Å². The molecule has 0 saturated heterocycles. The van der Waals surface area contributed by atoms with E-state index in [4.69, 9.17) is 23.2 Å². The van der Waals surface area contributed by atoms with Gasteiger partial charge in [0.1, 0.15) is 0 Å². The molecule has 0 spiro atoms. The number of fused-ring (bicyclic) bond motifs is 1. The third-order valence-electron chi connectivity index (χ3n) is 2.31. The van der Waals surface area contributed by atoms with E-state index in [1.807, 2.05) is 0 Å². The molecule has 1 amide bonds. The largest absolute Gasteiger partial charge is 0.503 e. The Morgan fingerprint density at radius 3 is 2.40 bits per heavy atom. The first-order chi connectivity index (χ1) is 7.04. The zero-order valence-corrected chi connectivity index (χ0v) is 8.98. The first kappa shape index (κ1) is 10.4. The Morgan fingerprint density at radius 1 is 1.13 bits per heavy atom. The Labute approximate surface area is 95.4 Å². The Morgan fingerprint density at radius 2 is 1.73 bits per heavy atom. The third-order valence-corrected chi connectivity index (χ3v) is 3.09. The molecule has 0 aromatic heterocycles. The van der Waals surface area contributed by atoms with Crippen LogP contribution >= 0.6 is 23.2 Å². The van der Waals surface area contributed by atoms with E-state index >= 15 is 0 Å². The molecule has 0 unspecified atom stereocenters. The van der Waals surface area contributed by atoms with Gasteiger partial charge in [-0.25, -0.2) is 0 Å². The average molecular weight is 248 g/mol. The number of carbonyl (C=O) groups is 1. The van der Waals surface area contributed by atoms with Crippen molar-refractivity contribution in [2.75, 3.05) is 6.54 Å². The van der Waals surface area contributed by atoms with E-state index in [1.165, 1.54) is 0 Å². The molecular formula is C9H7Cl2NO3. The Bertz CT molecular complexity index is 459. The van der Waals surface area contributed by atoms with Gasteiger partial charge in [-0.1, -0.05) is 23.2 Å². The van der Waals surface area contributed by atoms with Crippen LogP contribution in [0.5, 0.6) is 11.5 Å². The fourth-order valence-electron chi connectivity index (χ4n) is 1.57. The number of rotatable bonds is 0. The van der Waals surface area contributed by atoms with Gasteiger partial charge in [-0.05, 0) is 12.0 Å². The lowest BCUT2D eigenvalue weighted by atomic mass is 9.99. The molecule has 0 atom stereocenters. The maximum atomic E-state index is 11.5. The molecule has 6 heteroatoms. The van der Waals surface area contributed by atoms with Crippen LogP contribution in [-0.4, -0.2) is 22.7 Å². The van der Waals surface area contributed by atoms with E-state index < -0.39 is 17.4 Å². The summed E-state index contributed by atoms with van der Waals surface area (Å²) in [5.41, 5.74) is 0.615. The number of carbonyl (C=O) groups excluding carboxylic acids is 1. The summed E-state index contributed by atoms with van der Waals surface area (Å²) in [6.07, 6.45) is 0.480. The molecule has 4 nitrogen and oxygen atoms in total. The summed E-state index contributed by atoms with van der Waals surface area (Å²) in [5.74, 6) is -1.42. The average Bonchev–Trinajstić information content (AvgIpc) is 2.23. The van der Waals surface area contributed by atoms with Crippen LogP contribution in [0.3, 0.4) is 0 Å². The predicted molar refractivity (Wildman–Crippen MR) is 55.8 cm³/mol. The summed E-state index contributed by atoms with van der Waals surface area (Å²) in [7, 11) is 0. The van der Waals surface area contributed by atoms with Crippen molar-refractivity contribution >= 4 is 29.1 Å². The summed E-state index contributed by atoms with van der Waals surface area (Å²) in [4.78, 5) is 11.5. The van der Waals surface area contributed by atoms with Crippen LogP contribution in [0, 0.1) is 0 Å². The summed E-state index contributed by atoms with van der Waals surface area (Å²) in [5, 5.41) is 21.2. The highest BCUT2D eigenvalue weighted by atomic mass is 35.5. The third kappa shape index (κ3) is 1.41. The second-order valence-corrected chi connectivity index (χ2v) is 3.94. The van der Waals surface area contributed by atoms with E-state index in [1.54, 1.807) is 0 Å². The molecular weight excluding hydrogens is 241 g/mol. The van der Waals surface area contributed by atoms with Gasteiger partial charge in [0, 0.05) is 6.54 Å². The fourth-order valence-corrected chi connectivity index (χ4v) is 2.14. The lowest BCUT2D eigenvalue weighted by Crippen LogP contribution is -2.32. The van der Waals surface area contributed by atoms with E-state index in [0.717, 1.165) is 0 Å². The number of amides is 1. The molecule has 1 aromatic carbocycles. The van der Waals surface area contributed by atoms with Gasteiger partial charge in [0.05, 0.1) is 15.6 Å². The first-order valence-corrected chi connectivity index (χ1v) is 4.99. The lowest BCUT2D eigenvalue weighted by molar-refractivity contribution is 0.0945. The normalized spacial score (nSPS) is 14.7. The van der Waals surface area contributed by atoms with Crippen LogP contribution in [0.1, 0.15) is 15.9 Å². The molecule has 1 aromatic rings. The number of phenolic OH excluding ortho intramolecular Hbond substituents is 2. The number of halogens is 2. The topological polar surface area (TPSA) is 69.6 Å².